The van der Waals surface area contributed by atoms with Crippen molar-refractivity contribution in [1.82, 2.24) is 5.32 Å². The summed E-state index contributed by atoms with van der Waals surface area (Å²) < 4.78 is 0. The van der Waals surface area contributed by atoms with Crippen molar-refractivity contribution in [3.63, 3.8) is 0 Å². The van der Waals surface area contributed by atoms with Gasteiger partial charge < -0.3 is 15.7 Å². The predicted molar refractivity (Wildman–Crippen MR) is 59.9 cm³/mol. The fraction of sp³-hybridized carbons (Fsp3) is 0.364. The molecule has 4 heteroatoms. The molecule has 0 saturated carbocycles. The smallest absolute Gasteiger partial charge is 0.255 e. The van der Waals surface area contributed by atoms with E-state index in [4.69, 9.17) is 5.11 Å². The van der Waals surface area contributed by atoms with Gasteiger partial charge in [0.15, 0.2) is 0 Å². The van der Waals surface area contributed by atoms with Crippen LogP contribution in [0.2, 0.25) is 0 Å². The molecule has 0 aliphatic rings. The van der Waals surface area contributed by atoms with Crippen LogP contribution in [0.15, 0.2) is 18.2 Å². The topological polar surface area (TPSA) is 61.4 Å². The third-order valence-corrected chi connectivity index (χ3v) is 2.11. The van der Waals surface area contributed by atoms with Gasteiger partial charge in [0, 0.05) is 12.7 Å². The minimum atomic E-state index is -0.845. The Balaban J connectivity index is 3.03. The number of hydrogen-bond donors (Lipinski definition) is 3. The van der Waals surface area contributed by atoms with Crippen molar-refractivity contribution in [3.8, 4) is 0 Å². The normalized spacial score (nSPS) is 12.0. The zero-order valence-electron chi connectivity index (χ0n) is 9.16. The molecule has 0 saturated heterocycles. The van der Waals surface area contributed by atoms with Gasteiger partial charge in [-0.05, 0) is 25.5 Å². The van der Waals surface area contributed by atoms with E-state index in [0.717, 1.165) is 11.3 Å². The van der Waals surface area contributed by atoms with Gasteiger partial charge in [0.05, 0.1) is 5.56 Å². The zero-order chi connectivity index (χ0) is 11.4. The molecule has 1 atom stereocenters. The molecule has 0 aliphatic carbocycles. The van der Waals surface area contributed by atoms with E-state index in [0.29, 0.717) is 5.56 Å². The average Bonchev–Trinajstić information content (AvgIpc) is 2.16. The molecule has 0 aromatic heterocycles. The number of aliphatic hydroxyl groups excluding tert-OH is 1. The zero-order valence-corrected chi connectivity index (χ0v) is 9.16. The van der Waals surface area contributed by atoms with E-state index >= 15 is 0 Å². The second-order valence-electron chi connectivity index (χ2n) is 3.40. The number of aliphatic hydroxyl groups is 1. The molecule has 0 heterocycles. The van der Waals surface area contributed by atoms with Gasteiger partial charge >= 0.3 is 0 Å². The third kappa shape index (κ3) is 2.70. The SMILES string of the molecule is CNc1c(C)cccc1C(=O)NC(C)O. The predicted octanol–water partition coefficient (Wildman–Crippen LogP) is 1.10. The lowest BCUT2D eigenvalue weighted by Crippen LogP contribution is -2.32. The van der Waals surface area contributed by atoms with E-state index in [9.17, 15) is 4.79 Å². The molecule has 82 valence electrons. The highest BCUT2D eigenvalue weighted by Crippen LogP contribution is 2.19. The molecule has 15 heavy (non-hydrogen) atoms. The van der Waals surface area contributed by atoms with Crippen molar-refractivity contribution >= 4 is 11.6 Å². The standard InChI is InChI=1S/C11H16N2O2/c1-7-5-4-6-9(10(7)12-3)11(15)13-8(2)14/h4-6,8,12,14H,1-3H3,(H,13,15). The van der Waals surface area contributed by atoms with E-state index in [1.54, 1.807) is 13.1 Å². The van der Waals surface area contributed by atoms with E-state index in [-0.39, 0.29) is 5.91 Å². The number of amides is 1. The minimum Gasteiger partial charge on any atom is -0.387 e. The number of benzene rings is 1. The Kier molecular flexibility index (Phi) is 3.68. The first-order valence-corrected chi connectivity index (χ1v) is 4.82. The van der Waals surface area contributed by atoms with Crippen LogP contribution in [0.4, 0.5) is 5.69 Å². The van der Waals surface area contributed by atoms with Gasteiger partial charge in [0.2, 0.25) is 0 Å². The first-order valence-electron chi connectivity index (χ1n) is 4.82. The number of hydrogen-bond acceptors (Lipinski definition) is 3. The molecule has 0 bridgehead atoms. The summed E-state index contributed by atoms with van der Waals surface area (Å²) in [5.41, 5.74) is 2.32. The number of carbonyl (C=O) groups excluding carboxylic acids is 1. The number of nitrogens with one attached hydrogen (secondary N) is 2. The van der Waals surface area contributed by atoms with Crippen molar-refractivity contribution in [3.05, 3.63) is 29.3 Å². The van der Waals surface area contributed by atoms with Crippen molar-refractivity contribution in [1.29, 1.82) is 0 Å². The number of para-hydroxylation sites is 1. The van der Waals surface area contributed by atoms with Gasteiger partial charge in [0.25, 0.3) is 5.91 Å². The molecule has 1 aromatic rings. The van der Waals surface area contributed by atoms with Crippen LogP contribution in [0.3, 0.4) is 0 Å². The molecule has 0 aliphatic heterocycles. The van der Waals surface area contributed by atoms with Gasteiger partial charge in [-0.15, -0.1) is 0 Å². The maximum Gasteiger partial charge on any atom is 0.255 e. The molecule has 1 aromatic carbocycles. The van der Waals surface area contributed by atoms with Crippen LogP contribution in [0.1, 0.15) is 22.8 Å². The summed E-state index contributed by atoms with van der Waals surface area (Å²) in [6, 6.07) is 5.45. The second-order valence-corrected chi connectivity index (χ2v) is 3.40. The molecule has 3 N–H and O–H groups in total. The molecule has 0 spiro atoms. The molecule has 0 fully saturated rings. The van der Waals surface area contributed by atoms with Gasteiger partial charge in [-0.2, -0.15) is 0 Å². The van der Waals surface area contributed by atoms with Crippen molar-refractivity contribution in [2.24, 2.45) is 0 Å². The summed E-state index contributed by atoms with van der Waals surface area (Å²) in [6.45, 7) is 3.43. The van der Waals surface area contributed by atoms with Gasteiger partial charge in [0.1, 0.15) is 6.23 Å². The summed E-state index contributed by atoms with van der Waals surface area (Å²) in [7, 11) is 1.77. The van der Waals surface area contributed by atoms with E-state index in [1.807, 2.05) is 19.1 Å². The van der Waals surface area contributed by atoms with Crippen molar-refractivity contribution < 1.29 is 9.90 Å². The van der Waals surface area contributed by atoms with Crippen LogP contribution in [0, 0.1) is 6.92 Å². The van der Waals surface area contributed by atoms with Crippen LogP contribution >= 0.6 is 0 Å². The molecule has 4 nitrogen and oxygen atoms in total. The number of carbonyl (C=O) groups is 1. The van der Waals surface area contributed by atoms with Crippen LogP contribution in [0.25, 0.3) is 0 Å². The summed E-state index contributed by atoms with van der Waals surface area (Å²) in [5.74, 6) is -0.280. The van der Waals surface area contributed by atoms with Crippen molar-refractivity contribution in [2.75, 3.05) is 12.4 Å². The quantitative estimate of drug-likeness (QED) is 0.652. The number of aryl methyl sites for hydroxylation is 1. The Morgan fingerprint density at radius 2 is 2.13 bits per heavy atom. The fourth-order valence-electron chi connectivity index (χ4n) is 1.46. The van der Waals surface area contributed by atoms with E-state index in [1.165, 1.54) is 6.92 Å². The highest BCUT2D eigenvalue weighted by Gasteiger charge is 2.12. The summed E-state index contributed by atoms with van der Waals surface area (Å²) in [6.07, 6.45) is -0.845. The maximum atomic E-state index is 11.7. The molecule has 1 unspecified atom stereocenters. The third-order valence-electron chi connectivity index (χ3n) is 2.11. The Hall–Kier alpha value is -1.55. The molecule has 1 rings (SSSR count). The van der Waals surface area contributed by atoms with Crippen LogP contribution in [-0.4, -0.2) is 24.3 Å². The summed E-state index contributed by atoms with van der Waals surface area (Å²) in [4.78, 5) is 11.7. The Morgan fingerprint density at radius 3 is 2.67 bits per heavy atom. The highest BCUT2D eigenvalue weighted by atomic mass is 16.3. The summed E-state index contributed by atoms with van der Waals surface area (Å²) in [5, 5.41) is 14.5. The van der Waals surface area contributed by atoms with Crippen LogP contribution in [0.5, 0.6) is 0 Å². The van der Waals surface area contributed by atoms with Gasteiger partial charge in [-0.1, -0.05) is 12.1 Å². The summed E-state index contributed by atoms with van der Waals surface area (Å²) >= 11 is 0. The lowest BCUT2D eigenvalue weighted by Gasteiger charge is -2.13. The Morgan fingerprint density at radius 1 is 1.47 bits per heavy atom. The first-order chi connectivity index (χ1) is 7.06. The average molecular weight is 208 g/mol. The molecule has 0 radical (unpaired) electrons. The number of rotatable bonds is 3. The minimum absolute atomic E-state index is 0.280. The highest BCUT2D eigenvalue weighted by molar-refractivity contribution is 6.00. The Bertz CT molecular complexity index is 362. The first kappa shape index (κ1) is 11.5. The second kappa shape index (κ2) is 4.79. The van der Waals surface area contributed by atoms with Crippen LogP contribution < -0.4 is 10.6 Å². The molecule has 1 amide bonds. The molecular weight excluding hydrogens is 192 g/mol. The van der Waals surface area contributed by atoms with Gasteiger partial charge in [-0.25, -0.2) is 0 Å². The lowest BCUT2D eigenvalue weighted by molar-refractivity contribution is 0.0819. The van der Waals surface area contributed by atoms with E-state index < -0.39 is 6.23 Å². The van der Waals surface area contributed by atoms with Crippen molar-refractivity contribution in [2.45, 2.75) is 20.1 Å². The maximum absolute atomic E-state index is 11.7. The van der Waals surface area contributed by atoms with Crippen LogP contribution in [-0.2, 0) is 0 Å². The largest absolute Gasteiger partial charge is 0.387 e. The van der Waals surface area contributed by atoms with E-state index in [2.05, 4.69) is 10.6 Å². The Labute approximate surface area is 89.3 Å². The molecular formula is C11H16N2O2. The number of anilines is 1. The fourth-order valence-corrected chi connectivity index (χ4v) is 1.46. The van der Waals surface area contributed by atoms with Gasteiger partial charge in [-0.3, -0.25) is 4.79 Å². The lowest BCUT2D eigenvalue weighted by atomic mass is 10.1. The monoisotopic (exact) mass is 208 g/mol.